The predicted molar refractivity (Wildman–Crippen MR) is 411 cm³/mol. The minimum absolute atomic E-state index is 0.0498. The van der Waals surface area contributed by atoms with Gasteiger partial charge in [-0.05, 0) is 273 Å². The van der Waals surface area contributed by atoms with Crippen molar-refractivity contribution in [3.8, 4) is 0 Å². The van der Waals surface area contributed by atoms with Gasteiger partial charge in [0.2, 0.25) is 0 Å². The molecule has 0 aliphatic heterocycles. The average molecular weight is 1320 g/mol. The molecule has 0 aromatic heterocycles. The molecular weight excluding hydrogens is 1170 g/mol. The lowest BCUT2D eigenvalue weighted by molar-refractivity contribution is -0.122. The number of Topliss-reactive ketones (excluding diaryl/α,β-unsaturated/α-hetero) is 3. The standard InChI is InChI=1S/C20H34O.C20H32O.C13H22O2.C13H20O.C12H22O.C10H18O/c2*1-16(2)8-5-9-17(3)10-6-11-18(4)14-15-19-12-7-13-20(19)21;1-3-4-5-6-12-11(9-10(2)14)7-8-13(12)15;1-3-4-5-6-7-12-8-11(2)9-13(14)10-12;1-3-4-5-6-11-7-10(2)8-12(13)9-11;1-3-4-9-5-8(2)6-10(11)7-9/h8,10,14,19-21H,5-7,9,11-13,15H2,1-4H3;8,10,14,19H,5-7,9,11-13,15H2,1-4H3;11-12H,3-9H2,1-2H3;4-5,9,12H,3,6-8,10H2,1-2H3;8,11-13H,3-7,9H2,1-2H3;6,9-11H,3-5,7H2,1-2H3/b2*17-10+,18-14+;;5-4-;;. The molecule has 0 radical (unpaired) electrons. The Labute approximate surface area is 586 Å². The summed E-state index contributed by atoms with van der Waals surface area (Å²) >= 11 is 0. The third-order valence-corrected chi connectivity index (χ3v) is 20.1. The molecule has 0 heterocycles. The van der Waals surface area contributed by atoms with Gasteiger partial charge in [-0.15, -0.1) is 0 Å². The van der Waals surface area contributed by atoms with Crippen LogP contribution in [0.3, 0.4) is 0 Å². The van der Waals surface area contributed by atoms with Gasteiger partial charge < -0.3 is 20.1 Å². The number of aliphatic hydroxyl groups is 3. The zero-order valence-corrected chi connectivity index (χ0v) is 64.5. The van der Waals surface area contributed by atoms with Crippen LogP contribution in [0.1, 0.15) is 355 Å². The van der Waals surface area contributed by atoms with Gasteiger partial charge >= 0.3 is 0 Å². The Kier molecular flexibility index (Phi) is 51.3. The molecule has 0 aromatic carbocycles. The number of carbonyl (C=O) groups is 4. The first-order valence-corrected chi connectivity index (χ1v) is 39.0. The molecule has 0 aromatic rings. The maximum atomic E-state index is 11.6. The van der Waals surface area contributed by atoms with E-state index in [4.69, 9.17) is 0 Å². The van der Waals surface area contributed by atoms with Crippen molar-refractivity contribution in [2.75, 3.05) is 0 Å². The summed E-state index contributed by atoms with van der Waals surface area (Å²) in [5.74, 6) is 4.88. The first kappa shape index (κ1) is 89.0. The number of ketones is 4. The third kappa shape index (κ3) is 46.8. The van der Waals surface area contributed by atoms with Gasteiger partial charge in [0.05, 0.1) is 18.3 Å². The summed E-state index contributed by atoms with van der Waals surface area (Å²) in [7, 11) is 0. The van der Waals surface area contributed by atoms with Crippen molar-refractivity contribution < 1.29 is 34.5 Å². The lowest BCUT2D eigenvalue weighted by Gasteiger charge is -2.24. The second-order valence-corrected chi connectivity index (χ2v) is 30.7. The first-order valence-electron chi connectivity index (χ1n) is 39.0. The van der Waals surface area contributed by atoms with E-state index >= 15 is 0 Å². The van der Waals surface area contributed by atoms with Crippen LogP contribution >= 0.6 is 0 Å². The maximum absolute atomic E-state index is 11.6. The van der Waals surface area contributed by atoms with Crippen molar-refractivity contribution >= 4 is 23.1 Å². The molecule has 10 unspecified atom stereocenters. The van der Waals surface area contributed by atoms with Crippen molar-refractivity contribution in [1.82, 2.24) is 0 Å². The topological polar surface area (TPSA) is 129 Å². The Morgan fingerprint density at radius 3 is 1.45 bits per heavy atom. The van der Waals surface area contributed by atoms with Crippen LogP contribution < -0.4 is 0 Å². The third-order valence-electron chi connectivity index (χ3n) is 20.1. The SMILES string of the molecule is CC(C)=CCC/C(C)=C/CC/C(C)=C/CC1CCCC1=O.CC(C)=CCC/C(C)=C/CC/C(C)=C/CC1CCCC1O.CC/C=C\CCC1CC(=O)C=C(C)C1.CCCC1CC(C)=CC(O)C1.CCCCCC1C(=O)CCC1CC(C)=O.CCCCCC1CC(C)=CC(O)C1. The summed E-state index contributed by atoms with van der Waals surface area (Å²) in [5.41, 5.74) is 12.7. The van der Waals surface area contributed by atoms with Crippen LogP contribution in [0.2, 0.25) is 0 Å². The molecule has 3 saturated carbocycles. The van der Waals surface area contributed by atoms with E-state index in [0.29, 0.717) is 53.9 Å². The molecule has 6 aliphatic rings. The highest BCUT2D eigenvalue weighted by Gasteiger charge is 2.34. The van der Waals surface area contributed by atoms with Crippen molar-refractivity contribution in [1.29, 1.82) is 0 Å². The molecule has 0 amide bonds. The second kappa shape index (κ2) is 54.8. The van der Waals surface area contributed by atoms with E-state index in [-0.39, 0.29) is 30.0 Å². The van der Waals surface area contributed by atoms with E-state index in [1.807, 2.05) is 12.2 Å². The molecule has 3 N–H and O–H groups in total. The van der Waals surface area contributed by atoms with Crippen molar-refractivity contribution in [3.63, 3.8) is 0 Å². The second-order valence-electron chi connectivity index (χ2n) is 30.7. The van der Waals surface area contributed by atoms with Gasteiger partial charge in [-0.2, -0.15) is 0 Å². The number of aliphatic hydroxyl groups excluding tert-OH is 3. The molecule has 7 nitrogen and oxygen atoms in total. The summed E-state index contributed by atoms with van der Waals surface area (Å²) in [5, 5.41) is 28.8. The molecule has 542 valence electrons. The Morgan fingerprint density at radius 2 is 0.989 bits per heavy atom. The number of allylic oxidation sites excluding steroid dienone is 18. The van der Waals surface area contributed by atoms with Gasteiger partial charge in [-0.3, -0.25) is 14.4 Å². The van der Waals surface area contributed by atoms with E-state index in [2.05, 4.69) is 152 Å². The highest BCUT2D eigenvalue weighted by molar-refractivity contribution is 5.91. The van der Waals surface area contributed by atoms with Gasteiger partial charge in [-0.25, -0.2) is 0 Å². The largest absolute Gasteiger partial charge is 0.393 e. The Morgan fingerprint density at radius 1 is 0.474 bits per heavy atom. The number of rotatable bonds is 32. The fourth-order valence-electron chi connectivity index (χ4n) is 14.7. The van der Waals surface area contributed by atoms with Crippen molar-refractivity contribution in [2.45, 2.75) is 373 Å². The smallest absolute Gasteiger partial charge is 0.155 e. The van der Waals surface area contributed by atoms with Crippen LogP contribution in [0.5, 0.6) is 0 Å². The normalized spacial score (nSPS) is 24.7. The van der Waals surface area contributed by atoms with E-state index < -0.39 is 0 Å². The highest BCUT2D eigenvalue weighted by atomic mass is 16.3. The van der Waals surface area contributed by atoms with Crippen molar-refractivity contribution in [2.24, 2.45) is 41.4 Å². The Hall–Kier alpha value is -4.04. The summed E-state index contributed by atoms with van der Waals surface area (Å²) in [6.07, 6.45) is 65.8. The minimum atomic E-state index is -0.166. The number of hydrogen-bond acceptors (Lipinski definition) is 7. The van der Waals surface area contributed by atoms with Gasteiger partial charge in [0, 0.05) is 37.5 Å². The Balaban J connectivity index is 0.000000578. The molecule has 10 atom stereocenters. The first-order chi connectivity index (χ1) is 45.3. The van der Waals surface area contributed by atoms with Gasteiger partial charge in [-0.1, -0.05) is 203 Å². The van der Waals surface area contributed by atoms with E-state index in [1.54, 1.807) is 13.0 Å². The molecule has 95 heavy (non-hydrogen) atoms. The number of carbonyl (C=O) groups excluding carboxylic acids is 4. The molecule has 3 fully saturated rings. The summed E-state index contributed by atoms with van der Waals surface area (Å²) < 4.78 is 0. The van der Waals surface area contributed by atoms with Crippen LogP contribution in [0.4, 0.5) is 0 Å². The summed E-state index contributed by atoms with van der Waals surface area (Å²) in [6.45, 7) is 34.2. The number of unbranched alkanes of at least 4 members (excludes halogenated alkanes) is 4. The summed E-state index contributed by atoms with van der Waals surface area (Å²) in [4.78, 5) is 45.6. The Bertz CT molecular complexity index is 2460. The van der Waals surface area contributed by atoms with E-state index in [0.717, 1.165) is 147 Å². The van der Waals surface area contributed by atoms with Crippen LogP contribution in [-0.2, 0) is 19.2 Å². The molecular formula is C88H148O7. The molecule has 0 spiro atoms. The monoisotopic (exact) mass is 1320 g/mol. The molecule has 0 saturated heterocycles. The van der Waals surface area contributed by atoms with Crippen LogP contribution in [-0.4, -0.2) is 56.8 Å². The van der Waals surface area contributed by atoms with E-state index in [9.17, 15) is 34.5 Å². The van der Waals surface area contributed by atoms with Crippen LogP contribution in [0.15, 0.2) is 117 Å². The molecule has 7 heteroatoms. The van der Waals surface area contributed by atoms with Gasteiger partial charge in [0.25, 0.3) is 0 Å². The fraction of sp³-hybridized carbons (Fsp3) is 0.727. The maximum Gasteiger partial charge on any atom is 0.155 e. The average Bonchev–Trinajstić information content (AvgIpc) is 1.85. The van der Waals surface area contributed by atoms with Crippen molar-refractivity contribution in [3.05, 3.63) is 117 Å². The van der Waals surface area contributed by atoms with Crippen LogP contribution in [0, 0.1) is 41.4 Å². The summed E-state index contributed by atoms with van der Waals surface area (Å²) in [6, 6.07) is 0. The predicted octanol–water partition coefficient (Wildman–Crippen LogP) is 24.7. The number of hydrogen-bond donors (Lipinski definition) is 3. The molecule has 6 rings (SSSR count). The lowest BCUT2D eigenvalue weighted by Crippen LogP contribution is -2.17. The zero-order chi connectivity index (χ0) is 70.9. The molecule has 6 aliphatic carbocycles. The zero-order valence-electron chi connectivity index (χ0n) is 64.5. The lowest BCUT2D eigenvalue weighted by atomic mass is 9.84. The van der Waals surface area contributed by atoms with Crippen LogP contribution in [0.25, 0.3) is 0 Å². The highest BCUT2D eigenvalue weighted by Crippen LogP contribution is 2.36. The quantitative estimate of drug-likeness (QED) is 0.0452. The molecule has 0 bridgehead atoms. The fourth-order valence-corrected chi connectivity index (χ4v) is 14.7. The van der Waals surface area contributed by atoms with Gasteiger partial charge in [0.15, 0.2) is 5.78 Å². The minimum Gasteiger partial charge on any atom is -0.393 e. The van der Waals surface area contributed by atoms with Gasteiger partial charge in [0.1, 0.15) is 17.3 Å². The van der Waals surface area contributed by atoms with E-state index in [1.165, 1.54) is 146 Å².